The van der Waals surface area contributed by atoms with Crippen molar-refractivity contribution in [2.75, 3.05) is 29.7 Å². The van der Waals surface area contributed by atoms with Gasteiger partial charge in [-0.3, -0.25) is 14.5 Å². The topological polar surface area (TPSA) is 49.9 Å². The number of fused-ring (bicyclic) bond motifs is 6. The van der Waals surface area contributed by atoms with E-state index in [2.05, 4.69) is 39.0 Å². The van der Waals surface area contributed by atoms with Crippen molar-refractivity contribution in [3.05, 3.63) is 94.0 Å². The van der Waals surface area contributed by atoms with Crippen molar-refractivity contribution in [1.82, 2.24) is 4.90 Å². The van der Waals surface area contributed by atoms with E-state index in [-0.39, 0.29) is 29.6 Å². The molecule has 37 heavy (non-hydrogen) atoms. The van der Waals surface area contributed by atoms with Crippen LogP contribution in [0.3, 0.4) is 0 Å². The van der Waals surface area contributed by atoms with Crippen molar-refractivity contribution in [3.8, 4) is 5.75 Å². The molecule has 0 unspecified atom stereocenters. The van der Waals surface area contributed by atoms with Crippen LogP contribution in [0.2, 0.25) is 0 Å². The molecule has 188 valence electrons. The molecule has 0 saturated carbocycles. The molecule has 0 aliphatic carbocycles. The van der Waals surface area contributed by atoms with E-state index < -0.39 is 5.54 Å². The Morgan fingerprint density at radius 2 is 1.78 bits per heavy atom. The third kappa shape index (κ3) is 3.33. The van der Waals surface area contributed by atoms with Gasteiger partial charge in [0.05, 0.1) is 6.61 Å². The molecule has 4 aliphatic rings. The summed E-state index contributed by atoms with van der Waals surface area (Å²) in [5.41, 5.74) is 2.72. The van der Waals surface area contributed by atoms with Crippen LogP contribution in [0.5, 0.6) is 5.75 Å². The SMILES string of the molecule is O=C(c1ccc(Br)cc1)[C@@H]1[C@H]2c3ccccc3OCCCCN3C(=O)[C@]2(c2ccccc23)N2CSC[C@@H]12. The lowest BCUT2D eigenvalue weighted by Crippen LogP contribution is -2.52. The summed E-state index contributed by atoms with van der Waals surface area (Å²) >= 11 is 5.32. The molecular weight excluding hydrogens is 548 g/mol. The van der Waals surface area contributed by atoms with Crippen LogP contribution in [0, 0.1) is 5.92 Å². The van der Waals surface area contributed by atoms with E-state index in [4.69, 9.17) is 4.74 Å². The van der Waals surface area contributed by atoms with E-state index in [1.807, 2.05) is 71.3 Å². The highest BCUT2D eigenvalue weighted by Crippen LogP contribution is 2.64. The number of Topliss-reactive ketones (excluding diaryl/α,β-unsaturated/α-hetero) is 1. The first kappa shape index (κ1) is 23.5. The van der Waals surface area contributed by atoms with Crippen LogP contribution in [0.1, 0.15) is 40.2 Å². The number of carbonyl (C=O) groups is 2. The fraction of sp³-hybridized carbons (Fsp3) is 0.333. The van der Waals surface area contributed by atoms with Crippen molar-refractivity contribution in [2.45, 2.75) is 30.3 Å². The van der Waals surface area contributed by atoms with Crippen molar-refractivity contribution in [2.24, 2.45) is 5.92 Å². The summed E-state index contributed by atoms with van der Waals surface area (Å²) < 4.78 is 7.29. The molecule has 4 atom stereocenters. The molecule has 1 spiro atoms. The molecule has 3 aromatic carbocycles. The molecular formula is C30H27BrN2O3S. The van der Waals surface area contributed by atoms with Gasteiger partial charge in [-0.2, -0.15) is 0 Å². The lowest BCUT2D eigenvalue weighted by atomic mass is 9.69. The van der Waals surface area contributed by atoms with Crippen LogP contribution in [0.4, 0.5) is 5.69 Å². The van der Waals surface area contributed by atoms with Crippen molar-refractivity contribution in [3.63, 3.8) is 0 Å². The summed E-state index contributed by atoms with van der Waals surface area (Å²) in [6.45, 7) is 1.25. The van der Waals surface area contributed by atoms with Gasteiger partial charge in [0, 0.05) is 62.9 Å². The minimum atomic E-state index is -0.940. The van der Waals surface area contributed by atoms with Gasteiger partial charge < -0.3 is 9.64 Å². The highest BCUT2D eigenvalue weighted by atomic mass is 79.9. The first-order valence-electron chi connectivity index (χ1n) is 12.9. The minimum absolute atomic E-state index is 0.0425. The fourth-order valence-corrected chi connectivity index (χ4v) is 8.61. The van der Waals surface area contributed by atoms with Crippen molar-refractivity contribution in [1.29, 1.82) is 0 Å². The molecule has 2 saturated heterocycles. The molecule has 0 aromatic heterocycles. The van der Waals surface area contributed by atoms with Crippen molar-refractivity contribution >= 4 is 45.1 Å². The largest absolute Gasteiger partial charge is 0.493 e. The Balaban J connectivity index is 1.52. The highest BCUT2D eigenvalue weighted by Gasteiger charge is 2.70. The molecule has 1 amide bonds. The third-order valence-corrected chi connectivity index (χ3v) is 10.1. The number of benzene rings is 3. The monoisotopic (exact) mass is 574 g/mol. The van der Waals surface area contributed by atoms with Crippen LogP contribution in [-0.4, -0.2) is 47.4 Å². The Kier molecular flexibility index (Phi) is 5.72. The lowest BCUT2D eigenvalue weighted by Gasteiger charge is -2.38. The molecule has 4 heterocycles. The zero-order valence-corrected chi connectivity index (χ0v) is 22.7. The zero-order valence-electron chi connectivity index (χ0n) is 20.3. The second-order valence-electron chi connectivity index (χ2n) is 10.2. The maximum absolute atomic E-state index is 14.8. The molecule has 7 heteroatoms. The standard InChI is InChI=1S/C30H27BrN2O3S/c31-20-13-11-19(12-14-20)28(34)26-24-17-37-18-33(24)30-22-8-2-3-9-23(22)32(29(30)35)15-5-6-16-36-25-10-4-1-7-21(25)27(26)30/h1-4,7-14,24,26-27H,5-6,15-18H2/t24-,26-,27+,30+/m0/s1. The van der Waals surface area contributed by atoms with Crippen LogP contribution in [0.25, 0.3) is 0 Å². The van der Waals surface area contributed by atoms with Crippen LogP contribution < -0.4 is 9.64 Å². The molecule has 3 aromatic rings. The Morgan fingerprint density at radius 1 is 1.00 bits per heavy atom. The Bertz CT molecular complexity index is 1400. The van der Waals surface area contributed by atoms with Crippen LogP contribution in [-0.2, 0) is 10.3 Å². The van der Waals surface area contributed by atoms with E-state index in [0.717, 1.165) is 51.5 Å². The van der Waals surface area contributed by atoms with Gasteiger partial charge in [-0.25, -0.2) is 0 Å². The number of ketones is 1. The average Bonchev–Trinajstić information content (AvgIpc) is 3.56. The average molecular weight is 576 g/mol. The number of thioether (sulfide) groups is 1. The predicted molar refractivity (Wildman–Crippen MR) is 149 cm³/mol. The van der Waals surface area contributed by atoms with E-state index >= 15 is 0 Å². The number of anilines is 1. The number of halogens is 1. The van der Waals surface area contributed by atoms with Gasteiger partial charge in [0.15, 0.2) is 5.78 Å². The van der Waals surface area contributed by atoms with Gasteiger partial charge in [-0.1, -0.05) is 64.5 Å². The van der Waals surface area contributed by atoms with E-state index in [0.29, 0.717) is 18.7 Å². The number of amides is 1. The number of rotatable bonds is 2. The number of hydrogen-bond donors (Lipinski definition) is 0. The first-order valence-corrected chi connectivity index (χ1v) is 14.8. The van der Waals surface area contributed by atoms with E-state index in [1.54, 1.807) is 0 Å². The highest BCUT2D eigenvalue weighted by molar-refractivity contribution is 9.10. The molecule has 0 N–H and O–H groups in total. The summed E-state index contributed by atoms with van der Waals surface area (Å²) in [6.07, 6.45) is 1.73. The number of nitrogens with zero attached hydrogens (tertiary/aromatic N) is 2. The lowest BCUT2D eigenvalue weighted by molar-refractivity contribution is -0.129. The van der Waals surface area contributed by atoms with Gasteiger partial charge >= 0.3 is 0 Å². The maximum atomic E-state index is 14.8. The van der Waals surface area contributed by atoms with E-state index in [9.17, 15) is 9.59 Å². The van der Waals surface area contributed by atoms with Gasteiger partial charge in [0.25, 0.3) is 5.91 Å². The fourth-order valence-electron chi connectivity index (χ4n) is 7.02. The molecule has 2 bridgehead atoms. The Labute approximate surface area is 229 Å². The molecule has 4 aliphatic heterocycles. The number of carbonyl (C=O) groups excluding carboxylic acids is 2. The van der Waals surface area contributed by atoms with E-state index in [1.165, 1.54) is 0 Å². The molecule has 0 radical (unpaired) electrons. The third-order valence-electron chi connectivity index (χ3n) is 8.49. The second-order valence-corrected chi connectivity index (χ2v) is 12.2. The molecule has 5 nitrogen and oxygen atoms in total. The number of ether oxygens (including phenoxy) is 1. The van der Waals surface area contributed by atoms with Gasteiger partial charge in [0.2, 0.25) is 0 Å². The summed E-state index contributed by atoms with van der Waals surface area (Å²) in [7, 11) is 0. The molecule has 7 rings (SSSR count). The Morgan fingerprint density at radius 3 is 2.65 bits per heavy atom. The number of hydrogen-bond acceptors (Lipinski definition) is 5. The van der Waals surface area contributed by atoms with Gasteiger partial charge in [-0.05, 0) is 37.1 Å². The van der Waals surface area contributed by atoms with Crippen LogP contribution in [0.15, 0.2) is 77.3 Å². The van der Waals surface area contributed by atoms with Crippen molar-refractivity contribution < 1.29 is 14.3 Å². The quantitative estimate of drug-likeness (QED) is 0.360. The number of para-hydroxylation sites is 2. The first-order chi connectivity index (χ1) is 18.1. The normalized spacial score (nSPS) is 28.5. The summed E-state index contributed by atoms with van der Waals surface area (Å²) in [5, 5.41) is 0. The Hall–Kier alpha value is -2.61. The smallest absolute Gasteiger partial charge is 0.252 e. The van der Waals surface area contributed by atoms with Gasteiger partial charge in [-0.15, -0.1) is 11.8 Å². The van der Waals surface area contributed by atoms with Gasteiger partial charge in [0.1, 0.15) is 11.3 Å². The summed E-state index contributed by atoms with van der Waals surface area (Å²) in [5.74, 6) is 1.81. The maximum Gasteiger partial charge on any atom is 0.252 e. The van der Waals surface area contributed by atoms with Crippen LogP contribution >= 0.6 is 27.7 Å². The minimum Gasteiger partial charge on any atom is -0.493 e. The predicted octanol–water partition coefficient (Wildman–Crippen LogP) is 5.84. The second kappa shape index (κ2) is 9.00. The summed E-state index contributed by atoms with van der Waals surface area (Å²) in [4.78, 5) is 33.6. The zero-order chi connectivity index (χ0) is 25.1. The summed E-state index contributed by atoms with van der Waals surface area (Å²) in [6, 6.07) is 23.9. The molecule has 2 fully saturated rings.